The van der Waals surface area contributed by atoms with Gasteiger partial charge < -0.3 is 10.2 Å². The number of aromatic nitrogens is 2. The number of rotatable bonds is 3. The summed E-state index contributed by atoms with van der Waals surface area (Å²) in [7, 11) is 1.92. The van der Waals surface area contributed by atoms with E-state index < -0.39 is 0 Å². The third-order valence-corrected chi connectivity index (χ3v) is 5.15. The van der Waals surface area contributed by atoms with Crippen molar-refractivity contribution in [2.45, 2.75) is 43.8 Å². The van der Waals surface area contributed by atoms with Crippen molar-refractivity contribution in [1.29, 1.82) is 0 Å². The molecule has 1 aromatic heterocycles. The summed E-state index contributed by atoms with van der Waals surface area (Å²) in [4.78, 5) is 14.6. The molecule has 0 radical (unpaired) electrons. The number of nitrogens with zero attached hydrogens (tertiary/aromatic N) is 3. The van der Waals surface area contributed by atoms with Gasteiger partial charge in [-0.1, -0.05) is 18.2 Å². The van der Waals surface area contributed by atoms with E-state index in [2.05, 4.69) is 10.4 Å². The fourth-order valence-corrected chi connectivity index (χ4v) is 3.85. The highest BCUT2D eigenvalue weighted by Gasteiger charge is 2.36. The molecule has 2 saturated heterocycles. The molecule has 2 aliphatic rings. The van der Waals surface area contributed by atoms with Crippen molar-refractivity contribution in [1.82, 2.24) is 20.0 Å². The Morgan fingerprint density at radius 2 is 1.83 bits per heavy atom. The van der Waals surface area contributed by atoms with Crippen LogP contribution in [0.25, 0.3) is 5.69 Å². The summed E-state index contributed by atoms with van der Waals surface area (Å²) in [5.41, 5.74) is 1.48. The second-order valence-corrected chi connectivity index (χ2v) is 6.66. The number of carbonyl (C=O) groups excluding carboxylic acids is 1. The quantitative estimate of drug-likeness (QED) is 0.929. The van der Waals surface area contributed by atoms with E-state index in [1.165, 1.54) is 12.8 Å². The number of benzene rings is 1. The molecule has 2 fully saturated rings. The molecular weight excluding hydrogens is 324 g/mol. The summed E-state index contributed by atoms with van der Waals surface area (Å²) in [6.45, 7) is 0. The molecule has 0 spiro atoms. The normalized spacial score (nSPS) is 25.1. The molecule has 6 heteroatoms. The molecule has 2 aromatic rings. The highest BCUT2D eigenvalue weighted by molar-refractivity contribution is 5.92. The summed E-state index contributed by atoms with van der Waals surface area (Å²) >= 11 is 0. The first-order valence-electron chi connectivity index (χ1n) is 8.35. The number of halogens is 1. The summed E-state index contributed by atoms with van der Waals surface area (Å²) in [6.07, 6.45) is 6.44. The topological polar surface area (TPSA) is 50.2 Å². The number of piperidine rings is 1. The standard InChI is InChI=1S/C18H22N4O.ClH/c1-21(16-11-13-7-8-14(12-16)19-13)18(23)17-9-10-22(20-17)15-5-3-2-4-6-15;/h2-6,9-10,13-14,16,19H,7-8,11-12H2,1H3;1H. The Labute approximate surface area is 148 Å². The first-order chi connectivity index (χ1) is 11.2. The zero-order valence-corrected chi connectivity index (χ0v) is 14.6. The van der Waals surface area contributed by atoms with Crippen LogP contribution in [0, 0.1) is 0 Å². The van der Waals surface area contributed by atoms with Gasteiger partial charge in [0.2, 0.25) is 0 Å². The van der Waals surface area contributed by atoms with E-state index in [1.807, 2.05) is 54.5 Å². The van der Waals surface area contributed by atoms with Gasteiger partial charge >= 0.3 is 0 Å². The van der Waals surface area contributed by atoms with Crippen LogP contribution < -0.4 is 5.32 Å². The smallest absolute Gasteiger partial charge is 0.274 e. The lowest BCUT2D eigenvalue weighted by molar-refractivity contribution is 0.0675. The molecule has 3 heterocycles. The summed E-state index contributed by atoms with van der Waals surface area (Å²) in [5.74, 6) is 0.0194. The molecule has 2 bridgehead atoms. The molecule has 2 atom stereocenters. The lowest BCUT2D eigenvalue weighted by Gasteiger charge is -2.35. The van der Waals surface area contributed by atoms with Crippen molar-refractivity contribution in [3.63, 3.8) is 0 Å². The van der Waals surface area contributed by atoms with Crippen LogP contribution in [0.5, 0.6) is 0 Å². The predicted molar refractivity (Wildman–Crippen MR) is 95.9 cm³/mol. The van der Waals surface area contributed by atoms with Gasteiger partial charge in [0.1, 0.15) is 0 Å². The fourth-order valence-electron chi connectivity index (χ4n) is 3.85. The van der Waals surface area contributed by atoms with Crippen LogP contribution >= 0.6 is 12.4 Å². The van der Waals surface area contributed by atoms with Gasteiger partial charge in [-0.2, -0.15) is 5.10 Å². The molecule has 4 rings (SSSR count). The molecule has 128 valence electrons. The number of amides is 1. The van der Waals surface area contributed by atoms with Gasteiger partial charge in [-0.25, -0.2) is 4.68 Å². The largest absolute Gasteiger partial charge is 0.337 e. The van der Waals surface area contributed by atoms with E-state index >= 15 is 0 Å². The number of hydrogen-bond acceptors (Lipinski definition) is 3. The van der Waals surface area contributed by atoms with Crippen molar-refractivity contribution in [3.8, 4) is 5.69 Å². The second kappa shape index (κ2) is 6.95. The van der Waals surface area contributed by atoms with Crippen LogP contribution in [0.4, 0.5) is 0 Å². The average Bonchev–Trinajstić information content (AvgIpc) is 3.21. The first-order valence-corrected chi connectivity index (χ1v) is 8.35. The van der Waals surface area contributed by atoms with Crippen LogP contribution in [0.1, 0.15) is 36.2 Å². The maximum Gasteiger partial charge on any atom is 0.274 e. The van der Waals surface area contributed by atoms with Crippen molar-refractivity contribution in [3.05, 3.63) is 48.3 Å². The van der Waals surface area contributed by atoms with Crippen molar-refractivity contribution < 1.29 is 4.79 Å². The molecule has 1 amide bonds. The van der Waals surface area contributed by atoms with Gasteiger partial charge in [0, 0.05) is 31.4 Å². The molecule has 5 nitrogen and oxygen atoms in total. The van der Waals surface area contributed by atoms with Gasteiger partial charge in [0.25, 0.3) is 5.91 Å². The Morgan fingerprint density at radius 3 is 2.50 bits per heavy atom. The third-order valence-electron chi connectivity index (χ3n) is 5.15. The Balaban J connectivity index is 0.00000169. The minimum absolute atomic E-state index is 0. The Hall–Kier alpha value is -1.85. The van der Waals surface area contributed by atoms with E-state index in [1.54, 1.807) is 4.68 Å². The van der Waals surface area contributed by atoms with Crippen LogP contribution in [0.2, 0.25) is 0 Å². The maximum atomic E-state index is 12.8. The third kappa shape index (κ3) is 3.19. The van der Waals surface area contributed by atoms with Crippen molar-refractivity contribution in [2.75, 3.05) is 7.05 Å². The summed E-state index contributed by atoms with van der Waals surface area (Å²) in [5, 5.41) is 8.08. The Bertz CT molecular complexity index is 690. The van der Waals surface area contributed by atoms with Crippen LogP contribution in [0.3, 0.4) is 0 Å². The zero-order chi connectivity index (χ0) is 15.8. The van der Waals surface area contributed by atoms with Crippen LogP contribution in [-0.2, 0) is 0 Å². The highest BCUT2D eigenvalue weighted by atomic mass is 35.5. The molecule has 24 heavy (non-hydrogen) atoms. The van der Waals surface area contributed by atoms with Gasteiger partial charge in [0.15, 0.2) is 5.69 Å². The molecular formula is C18H23ClN4O. The van der Waals surface area contributed by atoms with Crippen LogP contribution in [0.15, 0.2) is 42.6 Å². The lowest BCUT2D eigenvalue weighted by Crippen LogP contribution is -2.48. The predicted octanol–water partition coefficient (Wildman–Crippen LogP) is 2.65. The molecule has 2 unspecified atom stereocenters. The van der Waals surface area contributed by atoms with Crippen molar-refractivity contribution in [2.24, 2.45) is 0 Å². The first kappa shape index (κ1) is 17.0. The van der Waals surface area contributed by atoms with E-state index in [0.717, 1.165) is 18.5 Å². The molecule has 1 N–H and O–H groups in total. The van der Waals surface area contributed by atoms with E-state index in [9.17, 15) is 4.79 Å². The number of para-hydroxylation sites is 1. The van der Waals surface area contributed by atoms with E-state index in [-0.39, 0.29) is 18.3 Å². The van der Waals surface area contributed by atoms with E-state index in [4.69, 9.17) is 0 Å². The van der Waals surface area contributed by atoms with Gasteiger partial charge in [-0.05, 0) is 43.9 Å². The fraction of sp³-hybridized carbons (Fsp3) is 0.444. The number of nitrogens with one attached hydrogen (secondary N) is 1. The summed E-state index contributed by atoms with van der Waals surface area (Å²) in [6, 6.07) is 13.2. The number of carbonyl (C=O) groups is 1. The highest BCUT2D eigenvalue weighted by Crippen LogP contribution is 2.29. The Kier molecular flexibility index (Phi) is 4.92. The average molecular weight is 347 g/mol. The monoisotopic (exact) mass is 346 g/mol. The summed E-state index contributed by atoms with van der Waals surface area (Å²) < 4.78 is 1.76. The van der Waals surface area contributed by atoms with Crippen LogP contribution in [-0.4, -0.2) is 45.8 Å². The van der Waals surface area contributed by atoms with Crippen molar-refractivity contribution >= 4 is 18.3 Å². The molecule has 0 saturated carbocycles. The SMILES string of the molecule is CN(C(=O)c1ccn(-c2ccccc2)n1)C1CC2CCC(C1)N2.Cl. The molecule has 0 aliphatic carbocycles. The minimum atomic E-state index is 0. The maximum absolute atomic E-state index is 12.8. The zero-order valence-electron chi connectivity index (χ0n) is 13.8. The molecule has 1 aromatic carbocycles. The van der Waals surface area contributed by atoms with Gasteiger partial charge in [-0.3, -0.25) is 4.79 Å². The second-order valence-electron chi connectivity index (χ2n) is 6.66. The number of hydrogen-bond donors (Lipinski definition) is 1. The lowest BCUT2D eigenvalue weighted by atomic mass is 9.98. The minimum Gasteiger partial charge on any atom is -0.337 e. The van der Waals surface area contributed by atoms with Gasteiger partial charge in [-0.15, -0.1) is 12.4 Å². The van der Waals surface area contributed by atoms with Gasteiger partial charge in [0.05, 0.1) is 5.69 Å². The molecule has 2 aliphatic heterocycles. The van der Waals surface area contributed by atoms with E-state index in [0.29, 0.717) is 23.8 Å². The number of fused-ring (bicyclic) bond motifs is 2. The Morgan fingerprint density at radius 1 is 1.17 bits per heavy atom.